The SMILES string of the molecule is CC1N=C(c2ccc(C(F)(F)F)cc2)SC1COc1ccc(C(CC(=O)O)C2=NOCC2)cc1. The fourth-order valence-electron chi connectivity index (χ4n) is 3.80. The van der Waals surface area contributed by atoms with E-state index in [4.69, 9.17) is 9.57 Å². The summed E-state index contributed by atoms with van der Waals surface area (Å²) in [4.78, 5) is 20.9. The van der Waals surface area contributed by atoms with E-state index in [-0.39, 0.29) is 23.6 Å². The van der Waals surface area contributed by atoms with Gasteiger partial charge in [-0.3, -0.25) is 9.79 Å². The van der Waals surface area contributed by atoms with Gasteiger partial charge in [-0.05, 0) is 36.8 Å². The van der Waals surface area contributed by atoms with Crippen LogP contribution in [0.2, 0.25) is 0 Å². The molecule has 10 heteroatoms. The van der Waals surface area contributed by atoms with E-state index in [0.717, 1.165) is 23.4 Å². The molecule has 1 N–H and O–H groups in total. The highest BCUT2D eigenvalue weighted by atomic mass is 32.2. The Bertz CT molecular complexity index is 1080. The van der Waals surface area contributed by atoms with Gasteiger partial charge in [0.15, 0.2) is 0 Å². The molecule has 0 bridgehead atoms. The van der Waals surface area contributed by atoms with Gasteiger partial charge in [0, 0.05) is 17.9 Å². The van der Waals surface area contributed by atoms with Crippen LogP contribution in [0.15, 0.2) is 58.7 Å². The van der Waals surface area contributed by atoms with Crippen LogP contribution in [-0.2, 0) is 15.8 Å². The molecule has 0 aliphatic carbocycles. The van der Waals surface area contributed by atoms with Crippen LogP contribution in [-0.4, -0.2) is 46.3 Å². The van der Waals surface area contributed by atoms with E-state index in [1.54, 1.807) is 12.1 Å². The number of carboxylic acid groups (broad SMARTS) is 1. The molecule has 180 valence electrons. The van der Waals surface area contributed by atoms with Crippen molar-refractivity contribution in [2.24, 2.45) is 10.1 Å². The number of carbonyl (C=O) groups is 1. The fraction of sp³-hybridized carbons (Fsp3) is 0.375. The Hall–Kier alpha value is -3.01. The second kappa shape index (κ2) is 10.1. The lowest BCUT2D eigenvalue weighted by Crippen LogP contribution is -2.22. The second-order valence-electron chi connectivity index (χ2n) is 8.10. The van der Waals surface area contributed by atoms with Crippen LogP contribution in [0, 0.1) is 0 Å². The standard InChI is InChI=1S/C24H23F3N2O4S/c1-14-21(34-23(28-14)16-2-6-17(7-3-16)24(25,26)27)13-32-18-8-4-15(5-9-18)19(12-22(30)31)20-10-11-33-29-20/h2-9,14,19,21H,10-13H2,1H3,(H,30,31). The number of hydrogen-bond donors (Lipinski definition) is 1. The Labute approximate surface area is 198 Å². The van der Waals surface area contributed by atoms with E-state index in [1.165, 1.54) is 23.9 Å². The maximum atomic E-state index is 12.8. The summed E-state index contributed by atoms with van der Waals surface area (Å²) >= 11 is 1.49. The van der Waals surface area contributed by atoms with Gasteiger partial charge in [-0.1, -0.05) is 41.2 Å². The summed E-state index contributed by atoms with van der Waals surface area (Å²) in [6.45, 7) is 2.78. The van der Waals surface area contributed by atoms with E-state index in [0.29, 0.717) is 36.0 Å². The first kappa shape index (κ1) is 24.1. The monoisotopic (exact) mass is 492 g/mol. The van der Waals surface area contributed by atoms with Gasteiger partial charge in [-0.2, -0.15) is 13.2 Å². The summed E-state index contributed by atoms with van der Waals surface area (Å²) in [7, 11) is 0. The van der Waals surface area contributed by atoms with Crippen molar-refractivity contribution < 1.29 is 32.6 Å². The van der Waals surface area contributed by atoms with Gasteiger partial charge < -0.3 is 14.7 Å². The van der Waals surface area contributed by atoms with Crippen molar-refractivity contribution in [3.05, 3.63) is 65.2 Å². The molecule has 0 radical (unpaired) electrons. The van der Waals surface area contributed by atoms with Crippen LogP contribution in [0.4, 0.5) is 13.2 Å². The lowest BCUT2D eigenvalue weighted by Gasteiger charge is -2.17. The Kier molecular flexibility index (Phi) is 7.16. The highest BCUT2D eigenvalue weighted by Gasteiger charge is 2.32. The Morgan fingerprint density at radius 2 is 1.91 bits per heavy atom. The zero-order valence-electron chi connectivity index (χ0n) is 18.3. The smallest absolute Gasteiger partial charge is 0.416 e. The number of alkyl halides is 3. The Morgan fingerprint density at radius 1 is 1.21 bits per heavy atom. The molecule has 0 saturated carbocycles. The molecule has 2 aliphatic heterocycles. The lowest BCUT2D eigenvalue weighted by atomic mass is 9.89. The van der Waals surface area contributed by atoms with E-state index in [9.17, 15) is 23.1 Å². The first-order valence-corrected chi connectivity index (χ1v) is 11.6. The summed E-state index contributed by atoms with van der Waals surface area (Å²) in [6.07, 6.45) is -3.83. The number of ether oxygens (including phenoxy) is 1. The van der Waals surface area contributed by atoms with E-state index >= 15 is 0 Å². The van der Waals surface area contributed by atoms with Gasteiger partial charge in [0.25, 0.3) is 0 Å². The van der Waals surface area contributed by atoms with E-state index in [2.05, 4.69) is 10.1 Å². The molecular weight excluding hydrogens is 469 g/mol. The zero-order chi connectivity index (χ0) is 24.3. The van der Waals surface area contributed by atoms with Crippen molar-refractivity contribution >= 4 is 28.5 Å². The molecule has 4 rings (SSSR count). The van der Waals surface area contributed by atoms with Crippen LogP contribution >= 0.6 is 11.8 Å². The van der Waals surface area contributed by atoms with E-state index < -0.39 is 17.7 Å². The number of rotatable bonds is 8. The number of aliphatic carboxylic acids is 1. The molecule has 0 aromatic heterocycles. The molecular formula is C24H23F3N2O4S. The molecule has 2 aromatic carbocycles. The minimum Gasteiger partial charge on any atom is -0.492 e. The number of carboxylic acids is 1. The zero-order valence-corrected chi connectivity index (χ0v) is 19.1. The minimum absolute atomic E-state index is 0.0155. The summed E-state index contributed by atoms with van der Waals surface area (Å²) in [6, 6.07) is 12.2. The van der Waals surface area contributed by atoms with Crippen molar-refractivity contribution in [3.63, 3.8) is 0 Å². The van der Waals surface area contributed by atoms with Crippen molar-refractivity contribution in [3.8, 4) is 5.75 Å². The molecule has 3 atom stereocenters. The molecule has 0 amide bonds. The van der Waals surface area contributed by atoms with Crippen LogP contribution < -0.4 is 4.74 Å². The van der Waals surface area contributed by atoms with Crippen molar-refractivity contribution in [1.29, 1.82) is 0 Å². The second-order valence-corrected chi connectivity index (χ2v) is 9.33. The molecule has 0 fully saturated rings. The van der Waals surface area contributed by atoms with Crippen LogP contribution in [0.1, 0.15) is 42.4 Å². The molecule has 0 saturated heterocycles. The van der Waals surface area contributed by atoms with Gasteiger partial charge in [0.1, 0.15) is 19.0 Å². The number of benzene rings is 2. The summed E-state index contributed by atoms with van der Waals surface area (Å²) < 4.78 is 44.3. The predicted molar refractivity (Wildman–Crippen MR) is 124 cm³/mol. The average Bonchev–Trinajstić information content (AvgIpc) is 3.46. The van der Waals surface area contributed by atoms with Crippen molar-refractivity contribution in [2.75, 3.05) is 13.2 Å². The molecule has 0 spiro atoms. The largest absolute Gasteiger partial charge is 0.492 e. The van der Waals surface area contributed by atoms with Crippen molar-refractivity contribution in [1.82, 2.24) is 0 Å². The first-order chi connectivity index (χ1) is 16.2. The number of halogens is 3. The number of nitrogens with zero attached hydrogens (tertiary/aromatic N) is 2. The Balaban J connectivity index is 1.35. The maximum absolute atomic E-state index is 12.8. The molecule has 6 nitrogen and oxygen atoms in total. The summed E-state index contributed by atoms with van der Waals surface area (Å²) in [5.74, 6) is -0.617. The quantitative estimate of drug-likeness (QED) is 0.536. The molecule has 2 heterocycles. The van der Waals surface area contributed by atoms with Gasteiger partial charge in [0.2, 0.25) is 0 Å². The van der Waals surface area contributed by atoms with Gasteiger partial charge >= 0.3 is 12.1 Å². The molecule has 34 heavy (non-hydrogen) atoms. The fourth-order valence-corrected chi connectivity index (χ4v) is 4.98. The van der Waals surface area contributed by atoms with Crippen LogP contribution in [0.5, 0.6) is 5.75 Å². The predicted octanol–water partition coefficient (Wildman–Crippen LogP) is 5.37. The van der Waals surface area contributed by atoms with Crippen LogP contribution in [0.3, 0.4) is 0 Å². The third-order valence-electron chi connectivity index (χ3n) is 5.69. The maximum Gasteiger partial charge on any atom is 0.416 e. The average molecular weight is 493 g/mol. The number of hydrogen-bond acceptors (Lipinski definition) is 6. The summed E-state index contributed by atoms with van der Waals surface area (Å²) in [5, 5.41) is 14.0. The number of thioether (sulfide) groups is 1. The van der Waals surface area contributed by atoms with Gasteiger partial charge in [-0.25, -0.2) is 0 Å². The topological polar surface area (TPSA) is 80.5 Å². The normalized spacial score (nSPS) is 20.9. The van der Waals surface area contributed by atoms with Crippen LogP contribution in [0.25, 0.3) is 0 Å². The summed E-state index contributed by atoms with van der Waals surface area (Å²) in [5.41, 5.74) is 1.52. The highest BCUT2D eigenvalue weighted by molar-refractivity contribution is 8.15. The lowest BCUT2D eigenvalue weighted by molar-refractivity contribution is -0.138. The third kappa shape index (κ3) is 5.72. The van der Waals surface area contributed by atoms with Crippen molar-refractivity contribution in [2.45, 2.75) is 43.2 Å². The number of aliphatic imine (C=N–C) groups is 1. The van der Waals surface area contributed by atoms with E-state index in [1.807, 2.05) is 19.1 Å². The highest BCUT2D eigenvalue weighted by Crippen LogP contribution is 2.34. The minimum atomic E-state index is -4.37. The first-order valence-electron chi connectivity index (χ1n) is 10.8. The molecule has 2 aliphatic rings. The third-order valence-corrected chi connectivity index (χ3v) is 7.09. The Morgan fingerprint density at radius 3 is 2.50 bits per heavy atom. The molecule has 3 unspecified atom stereocenters. The number of oxime groups is 1. The van der Waals surface area contributed by atoms with Gasteiger partial charge in [0.05, 0.1) is 34.0 Å². The molecule has 2 aromatic rings. The van der Waals surface area contributed by atoms with Gasteiger partial charge in [-0.15, -0.1) is 0 Å².